The second kappa shape index (κ2) is 4.64. The molecule has 0 spiro atoms. The van der Waals surface area contributed by atoms with Gasteiger partial charge in [0, 0.05) is 0 Å². The maximum atomic E-state index is 8.86. The Morgan fingerprint density at radius 3 is 1.80 bits per heavy atom. The van der Waals surface area contributed by atoms with E-state index in [1.54, 1.807) is 0 Å². The van der Waals surface area contributed by atoms with Gasteiger partial charge in [0.05, 0.1) is 0 Å². The van der Waals surface area contributed by atoms with Crippen molar-refractivity contribution in [2.45, 2.75) is 0 Å². The predicted molar refractivity (Wildman–Crippen MR) is 26.9 cm³/mol. The Balaban J connectivity index is 0. The molecule has 0 bridgehead atoms. The Hall–Kier alpha value is 0.638. The third-order valence-electron chi connectivity index (χ3n) is 0. The van der Waals surface area contributed by atoms with Crippen LogP contribution in [0.4, 0.5) is 4.79 Å². The summed E-state index contributed by atoms with van der Waals surface area (Å²) in [4.78, 5) is 8.86. The van der Waals surface area contributed by atoms with Crippen LogP contribution in [0.15, 0.2) is 0 Å². The molecular formula is CH5O2SSb. The topological polar surface area (TPSA) is 37.3 Å². The number of hydrogen-bond donors (Lipinski definition) is 2. The molecule has 0 aromatic rings. The van der Waals surface area contributed by atoms with Crippen molar-refractivity contribution in [2.24, 2.45) is 0 Å². The van der Waals surface area contributed by atoms with Crippen molar-refractivity contribution in [3.8, 4) is 0 Å². The van der Waals surface area contributed by atoms with Gasteiger partial charge >= 0.3 is 29.7 Å². The average Bonchev–Trinajstić information content (AvgIpc) is 0.811. The fraction of sp³-hybridized carbons (Fsp3) is 0. The van der Waals surface area contributed by atoms with Crippen LogP contribution in [-0.2, 0) is 0 Å². The van der Waals surface area contributed by atoms with E-state index in [9.17, 15) is 0 Å². The minimum atomic E-state index is -1.14. The maximum absolute atomic E-state index is 8.86. The molecular weight excluding hydrogens is 198 g/mol. The van der Waals surface area contributed by atoms with E-state index in [-0.39, 0.29) is 24.4 Å². The molecule has 0 aromatic heterocycles. The van der Waals surface area contributed by atoms with Gasteiger partial charge in [0.25, 0.3) is 0 Å². The molecule has 2 nitrogen and oxygen atoms in total. The molecule has 0 aromatic carbocycles. The molecule has 0 fully saturated rings. The molecule has 0 aliphatic heterocycles. The van der Waals surface area contributed by atoms with Crippen molar-refractivity contribution in [1.29, 1.82) is 0 Å². The monoisotopic (exact) mass is 202 g/mol. The van der Waals surface area contributed by atoms with Gasteiger partial charge in [-0.15, -0.1) is 0 Å². The average molecular weight is 203 g/mol. The van der Waals surface area contributed by atoms with E-state index in [2.05, 4.69) is 12.6 Å². The molecule has 32 valence electrons. The predicted octanol–water partition coefficient (Wildman–Crippen LogP) is -0.590. The van der Waals surface area contributed by atoms with Crippen LogP contribution < -0.4 is 0 Å². The van der Waals surface area contributed by atoms with Crippen molar-refractivity contribution < 1.29 is 9.90 Å². The third kappa shape index (κ3) is 79.3. The Morgan fingerprint density at radius 1 is 1.80 bits per heavy atom. The zero-order valence-electron chi connectivity index (χ0n) is 2.51. The number of thiol groups is 1. The Bertz CT molecular complexity index is 32.6. The fourth-order valence-corrected chi connectivity index (χ4v) is 0. The zero-order valence-corrected chi connectivity index (χ0v) is 7.44. The normalized spacial score (nSPS) is 5.00. The van der Waals surface area contributed by atoms with E-state index in [1.165, 1.54) is 0 Å². The summed E-state index contributed by atoms with van der Waals surface area (Å²) >= 11 is 2.88. The van der Waals surface area contributed by atoms with Crippen LogP contribution in [0, 0.1) is 0 Å². The van der Waals surface area contributed by atoms with Crippen LogP contribution >= 0.6 is 12.6 Å². The van der Waals surface area contributed by atoms with Gasteiger partial charge in [-0.25, -0.2) is 4.79 Å². The van der Waals surface area contributed by atoms with Crippen LogP contribution in [0.25, 0.3) is 0 Å². The van der Waals surface area contributed by atoms with Gasteiger partial charge in [-0.1, -0.05) is 12.6 Å². The van der Waals surface area contributed by atoms with E-state index in [0.29, 0.717) is 0 Å². The van der Waals surface area contributed by atoms with Crippen LogP contribution in [-0.4, -0.2) is 34.8 Å². The second-order valence-electron chi connectivity index (χ2n) is 0.283. The molecule has 0 atom stereocenters. The van der Waals surface area contributed by atoms with Crippen molar-refractivity contribution in [2.75, 3.05) is 0 Å². The molecule has 0 amide bonds. The van der Waals surface area contributed by atoms with E-state index >= 15 is 0 Å². The van der Waals surface area contributed by atoms with Gasteiger partial charge in [0.2, 0.25) is 0 Å². The number of carboxylic acid groups (broad SMARTS) is 1. The Labute approximate surface area is 52.4 Å². The molecule has 0 heterocycles. The minimum absolute atomic E-state index is 0. The first-order valence-electron chi connectivity index (χ1n) is 0.651. The summed E-state index contributed by atoms with van der Waals surface area (Å²) in [7, 11) is 0. The van der Waals surface area contributed by atoms with E-state index in [4.69, 9.17) is 9.90 Å². The van der Waals surface area contributed by atoms with E-state index < -0.39 is 5.30 Å². The molecule has 0 saturated carbocycles. The SMILES string of the molecule is O=C(O)S.[SbH3]. The second-order valence-corrected chi connectivity index (χ2v) is 0.665. The molecule has 0 rings (SSSR count). The van der Waals surface area contributed by atoms with E-state index in [0.717, 1.165) is 0 Å². The van der Waals surface area contributed by atoms with E-state index in [1.807, 2.05) is 0 Å². The number of rotatable bonds is 0. The van der Waals surface area contributed by atoms with Gasteiger partial charge in [0.15, 0.2) is 0 Å². The molecule has 0 unspecified atom stereocenters. The van der Waals surface area contributed by atoms with Crippen LogP contribution in [0.5, 0.6) is 0 Å². The summed E-state index contributed by atoms with van der Waals surface area (Å²) in [6.45, 7) is 0. The molecule has 0 saturated heterocycles. The summed E-state index contributed by atoms with van der Waals surface area (Å²) in [5, 5.41) is 6.14. The third-order valence-corrected chi connectivity index (χ3v) is 0. The van der Waals surface area contributed by atoms with Gasteiger partial charge in [0.1, 0.15) is 0 Å². The van der Waals surface area contributed by atoms with Crippen molar-refractivity contribution in [3.05, 3.63) is 0 Å². The summed E-state index contributed by atoms with van der Waals surface area (Å²) in [5.74, 6) is 0. The van der Waals surface area contributed by atoms with Crippen LogP contribution in [0.2, 0.25) is 0 Å². The molecule has 4 heteroatoms. The molecule has 0 radical (unpaired) electrons. The molecule has 0 aliphatic carbocycles. The van der Waals surface area contributed by atoms with Gasteiger partial charge in [-0.05, 0) is 0 Å². The number of hydrogen-bond acceptors (Lipinski definition) is 1. The van der Waals surface area contributed by atoms with Crippen LogP contribution in [0.3, 0.4) is 0 Å². The number of carbonyl (C=O) groups is 1. The standard InChI is InChI=1S/CH2O2S.Sb.3H/c2-1(3)4;;;;/h4H,(H,2,3);;;;. The van der Waals surface area contributed by atoms with Crippen LogP contribution in [0.1, 0.15) is 0 Å². The van der Waals surface area contributed by atoms with Crippen molar-refractivity contribution >= 4 is 42.4 Å². The molecule has 1 N–H and O–H groups in total. The Kier molecular flexibility index (Phi) is 8.50. The summed E-state index contributed by atoms with van der Waals surface area (Å²) in [6.07, 6.45) is 0. The fourth-order valence-electron chi connectivity index (χ4n) is 0. The summed E-state index contributed by atoms with van der Waals surface area (Å²) in [5.41, 5.74) is 0. The van der Waals surface area contributed by atoms with Gasteiger partial charge < -0.3 is 5.11 Å². The first-order chi connectivity index (χ1) is 1.73. The van der Waals surface area contributed by atoms with Crippen molar-refractivity contribution in [3.63, 3.8) is 0 Å². The van der Waals surface area contributed by atoms with Gasteiger partial charge in [-0.2, -0.15) is 0 Å². The quantitative estimate of drug-likeness (QED) is 0.407. The zero-order chi connectivity index (χ0) is 3.58. The summed E-state index contributed by atoms with van der Waals surface area (Å²) in [6, 6.07) is 0. The molecule has 0 aliphatic rings. The Morgan fingerprint density at radius 2 is 1.80 bits per heavy atom. The summed E-state index contributed by atoms with van der Waals surface area (Å²) < 4.78 is 0. The van der Waals surface area contributed by atoms with Gasteiger partial charge in [-0.3, -0.25) is 0 Å². The molecule has 5 heavy (non-hydrogen) atoms. The first kappa shape index (κ1) is 9.16. The first-order valence-corrected chi connectivity index (χ1v) is 1.10. The van der Waals surface area contributed by atoms with Crippen molar-refractivity contribution in [1.82, 2.24) is 0 Å².